The highest BCUT2D eigenvalue weighted by Gasteiger charge is 2.51. The maximum absolute atomic E-state index is 7.19. The number of anilines is 3. The van der Waals surface area contributed by atoms with E-state index in [4.69, 9.17) is 4.74 Å². The smallest absolute Gasteiger partial charge is 0.140 e. The largest absolute Gasteiger partial charge is 0.455 e. The fraction of sp³-hybridized carbons (Fsp3) is 0.0169. The summed E-state index contributed by atoms with van der Waals surface area (Å²) in [6, 6.07) is 82.3. The zero-order valence-electron chi connectivity index (χ0n) is 33.2. The quantitative estimate of drug-likeness (QED) is 0.177. The predicted octanol–water partition coefficient (Wildman–Crippen LogP) is 15.9. The summed E-state index contributed by atoms with van der Waals surface area (Å²) in [7, 11) is 0. The van der Waals surface area contributed by atoms with Crippen LogP contribution >= 0.6 is 0 Å². The van der Waals surface area contributed by atoms with Gasteiger partial charge in [0.25, 0.3) is 0 Å². The van der Waals surface area contributed by atoms with Gasteiger partial charge >= 0.3 is 0 Å². The molecule has 0 radical (unpaired) electrons. The molecule has 0 bridgehead atoms. The van der Waals surface area contributed by atoms with Gasteiger partial charge in [0.1, 0.15) is 11.5 Å². The Bertz CT molecular complexity index is 3420. The van der Waals surface area contributed by atoms with E-state index in [1.54, 1.807) is 0 Å². The van der Waals surface area contributed by atoms with E-state index in [0.29, 0.717) is 0 Å². The normalized spacial score (nSPS) is 13.2. The first-order valence-electron chi connectivity index (χ1n) is 21.1. The second-order valence-electron chi connectivity index (χ2n) is 16.4. The van der Waals surface area contributed by atoms with E-state index in [-0.39, 0.29) is 0 Å². The highest BCUT2D eigenvalue weighted by molar-refractivity contribution is 6.00. The maximum atomic E-state index is 7.19. The molecule has 0 saturated heterocycles. The number of hydrogen-bond acceptors (Lipinski definition) is 2. The molecule has 0 amide bonds. The molecule has 11 aromatic rings. The molecule has 61 heavy (non-hydrogen) atoms. The van der Waals surface area contributed by atoms with Gasteiger partial charge in [0.15, 0.2) is 0 Å². The Morgan fingerprint density at radius 3 is 1.36 bits per heavy atom. The lowest BCUT2D eigenvalue weighted by molar-refractivity contribution is 0.447. The third-order valence-electron chi connectivity index (χ3n) is 13.3. The molecule has 2 nitrogen and oxygen atoms in total. The Kier molecular flexibility index (Phi) is 7.26. The van der Waals surface area contributed by atoms with Gasteiger partial charge in [-0.2, -0.15) is 0 Å². The lowest BCUT2D eigenvalue weighted by atomic mass is 9.65. The summed E-state index contributed by atoms with van der Waals surface area (Å²) in [5.41, 5.74) is 12.5. The monoisotopic (exact) mass is 775 g/mol. The molecule has 0 fully saturated rings. The van der Waals surface area contributed by atoms with Crippen LogP contribution in [0.1, 0.15) is 22.3 Å². The Balaban J connectivity index is 1.00. The van der Waals surface area contributed by atoms with E-state index >= 15 is 0 Å². The molecule has 13 rings (SSSR count). The van der Waals surface area contributed by atoms with Crippen molar-refractivity contribution in [3.63, 3.8) is 0 Å². The molecule has 11 aromatic carbocycles. The molecule has 0 aromatic heterocycles. The zero-order chi connectivity index (χ0) is 40.1. The van der Waals surface area contributed by atoms with Gasteiger partial charge in [-0.1, -0.05) is 182 Å². The summed E-state index contributed by atoms with van der Waals surface area (Å²) in [4.78, 5) is 2.38. The van der Waals surface area contributed by atoms with E-state index in [1.807, 2.05) is 0 Å². The number of hydrogen-bond donors (Lipinski definition) is 0. The molecular formula is C59H37NO. The van der Waals surface area contributed by atoms with Crippen LogP contribution in [0, 0.1) is 0 Å². The Hall–Kier alpha value is -7.94. The lowest BCUT2D eigenvalue weighted by Crippen LogP contribution is -2.32. The van der Waals surface area contributed by atoms with E-state index in [9.17, 15) is 0 Å². The van der Waals surface area contributed by atoms with Crippen LogP contribution in [-0.4, -0.2) is 0 Å². The second-order valence-corrected chi connectivity index (χ2v) is 16.4. The minimum Gasteiger partial charge on any atom is -0.455 e. The van der Waals surface area contributed by atoms with Crippen LogP contribution in [0.25, 0.3) is 65.3 Å². The first-order valence-corrected chi connectivity index (χ1v) is 21.1. The Labute approximate surface area is 354 Å². The molecule has 1 aliphatic heterocycles. The first kappa shape index (κ1) is 34.0. The molecule has 1 spiro atoms. The highest BCUT2D eigenvalue weighted by Crippen LogP contribution is 2.64. The fourth-order valence-corrected chi connectivity index (χ4v) is 10.5. The molecule has 0 unspecified atom stereocenters. The Morgan fingerprint density at radius 1 is 0.295 bits per heavy atom. The van der Waals surface area contributed by atoms with Crippen molar-refractivity contribution in [2.24, 2.45) is 0 Å². The first-order chi connectivity index (χ1) is 30.2. The van der Waals surface area contributed by atoms with Gasteiger partial charge < -0.3 is 9.64 Å². The minimum absolute atomic E-state index is 0.595. The van der Waals surface area contributed by atoms with Crippen LogP contribution in [0.5, 0.6) is 11.5 Å². The summed E-state index contributed by atoms with van der Waals surface area (Å²) in [6.07, 6.45) is 0. The van der Waals surface area contributed by atoms with E-state index in [1.165, 1.54) is 76.8 Å². The summed E-state index contributed by atoms with van der Waals surface area (Å²) in [5.74, 6) is 1.86. The van der Waals surface area contributed by atoms with Crippen LogP contribution in [0.2, 0.25) is 0 Å². The third-order valence-corrected chi connectivity index (χ3v) is 13.3. The van der Waals surface area contributed by atoms with Crippen molar-refractivity contribution < 1.29 is 4.74 Å². The van der Waals surface area contributed by atoms with Gasteiger partial charge in [-0.3, -0.25) is 0 Å². The predicted molar refractivity (Wildman–Crippen MR) is 254 cm³/mol. The molecule has 1 heterocycles. The van der Waals surface area contributed by atoms with Gasteiger partial charge in [-0.25, -0.2) is 0 Å². The van der Waals surface area contributed by atoms with Crippen molar-refractivity contribution in [2.75, 3.05) is 4.90 Å². The van der Waals surface area contributed by atoms with Crippen molar-refractivity contribution in [3.8, 4) is 33.8 Å². The summed E-state index contributed by atoms with van der Waals surface area (Å²) < 4.78 is 7.19. The van der Waals surface area contributed by atoms with E-state index < -0.39 is 5.41 Å². The van der Waals surface area contributed by atoms with E-state index in [0.717, 1.165) is 39.3 Å². The summed E-state index contributed by atoms with van der Waals surface area (Å²) in [5, 5.41) is 9.47. The topological polar surface area (TPSA) is 12.5 Å². The van der Waals surface area contributed by atoms with Crippen molar-refractivity contribution in [2.45, 2.75) is 5.41 Å². The molecule has 2 aliphatic rings. The van der Waals surface area contributed by atoms with Crippen molar-refractivity contribution in [1.82, 2.24) is 0 Å². The number of benzene rings is 11. The number of nitrogens with zero attached hydrogens (tertiary/aromatic N) is 1. The maximum Gasteiger partial charge on any atom is 0.140 e. The van der Waals surface area contributed by atoms with Crippen molar-refractivity contribution in [1.29, 1.82) is 0 Å². The fourth-order valence-electron chi connectivity index (χ4n) is 10.5. The van der Waals surface area contributed by atoms with E-state index in [2.05, 4.69) is 229 Å². The molecule has 0 saturated carbocycles. The molecule has 1 aliphatic carbocycles. The lowest BCUT2D eigenvalue weighted by Gasteiger charge is -2.40. The van der Waals surface area contributed by atoms with Gasteiger partial charge in [0.2, 0.25) is 0 Å². The van der Waals surface area contributed by atoms with Crippen LogP contribution in [0.4, 0.5) is 17.1 Å². The number of fused-ring (bicyclic) bond motifs is 15. The van der Waals surface area contributed by atoms with Gasteiger partial charge in [0, 0.05) is 39.0 Å². The molecule has 0 atom stereocenters. The SMILES string of the molecule is c1ccc2c(c1)-c1ccc(-c3ccc(N(c4ccc5ccccc5c4)c4ccc5ccccc5c4)cc3)cc1C21c2ccc3ccccc3c2Oc2c1ccc1ccccc21. The van der Waals surface area contributed by atoms with Gasteiger partial charge in [0.05, 0.1) is 5.41 Å². The Morgan fingerprint density at radius 2 is 0.754 bits per heavy atom. The van der Waals surface area contributed by atoms with Crippen molar-refractivity contribution in [3.05, 3.63) is 247 Å². The molecule has 0 N–H and O–H groups in total. The molecule has 284 valence electrons. The van der Waals surface area contributed by atoms with Crippen LogP contribution < -0.4 is 9.64 Å². The van der Waals surface area contributed by atoms with Crippen LogP contribution in [-0.2, 0) is 5.41 Å². The number of ether oxygens (including phenoxy) is 1. The minimum atomic E-state index is -0.595. The van der Waals surface area contributed by atoms with Crippen molar-refractivity contribution >= 4 is 60.2 Å². The van der Waals surface area contributed by atoms with Gasteiger partial charge in [-0.05, 0) is 108 Å². The summed E-state index contributed by atoms with van der Waals surface area (Å²) in [6.45, 7) is 0. The van der Waals surface area contributed by atoms with Crippen LogP contribution in [0.15, 0.2) is 224 Å². The summed E-state index contributed by atoms with van der Waals surface area (Å²) >= 11 is 0. The molecular weight excluding hydrogens is 739 g/mol. The third kappa shape index (κ3) is 4.97. The van der Waals surface area contributed by atoms with Crippen LogP contribution in [0.3, 0.4) is 0 Å². The zero-order valence-corrected chi connectivity index (χ0v) is 33.2. The highest BCUT2D eigenvalue weighted by atomic mass is 16.5. The van der Waals surface area contributed by atoms with Gasteiger partial charge in [-0.15, -0.1) is 0 Å². The second kappa shape index (κ2) is 13.0. The average molecular weight is 776 g/mol. The standard InChI is InChI=1S/C59H37NO/c1-3-15-43-35-47(30-23-38(43)11-1)60(48-31-24-39-12-2-4-16-44(39)36-48)46-28-21-40(22-29-46)45-25-32-52-51-19-9-10-20-53(51)59(56(52)37-45)54-33-26-41-13-5-7-17-49(41)57(54)61-58-50-18-8-6-14-42(50)27-34-55(58)59/h1-37H. The molecule has 2 heteroatoms. The number of rotatable bonds is 4. The average Bonchev–Trinajstić information content (AvgIpc) is 3.61.